The normalized spacial score (nSPS) is 10.7. The first kappa shape index (κ1) is 9.71. The van der Waals surface area contributed by atoms with Crippen LogP contribution in [0.3, 0.4) is 0 Å². The van der Waals surface area contributed by atoms with Crippen LogP contribution >= 0.6 is 11.3 Å². The van der Waals surface area contributed by atoms with Crippen LogP contribution in [0.1, 0.15) is 0 Å². The summed E-state index contributed by atoms with van der Waals surface area (Å²) in [7, 11) is 3.03. The van der Waals surface area contributed by atoms with Crippen molar-refractivity contribution >= 4 is 34.0 Å². The largest absolute Gasteiger partial charge is 0.493 e. The van der Waals surface area contributed by atoms with Gasteiger partial charge in [-0.15, -0.1) is 11.3 Å². The van der Waals surface area contributed by atoms with Crippen molar-refractivity contribution in [3.63, 3.8) is 0 Å². The fourth-order valence-electron chi connectivity index (χ4n) is 1.50. The minimum Gasteiger partial charge on any atom is -0.410 e. The second-order valence-corrected chi connectivity index (χ2v) is 3.97. The molecule has 2 nitrogen and oxygen atoms in total. The highest BCUT2D eigenvalue weighted by Crippen LogP contribution is 2.18. The summed E-state index contributed by atoms with van der Waals surface area (Å²) in [6.45, 7) is 0. The number of hydrogen-bond acceptors (Lipinski definition) is 3. The van der Waals surface area contributed by atoms with Gasteiger partial charge < -0.3 is 9.31 Å². The second-order valence-electron chi connectivity index (χ2n) is 3.02. The van der Waals surface area contributed by atoms with Crippen LogP contribution in [0.15, 0.2) is 29.6 Å². The van der Waals surface area contributed by atoms with Gasteiger partial charge in [-0.1, -0.05) is 12.1 Å². The predicted octanol–water partition coefficient (Wildman–Crippen LogP) is 1.89. The Balaban J connectivity index is 2.42. The van der Waals surface area contributed by atoms with Gasteiger partial charge in [0.05, 0.1) is 0 Å². The van der Waals surface area contributed by atoms with Gasteiger partial charge in [0.25, 0.3) is 0 Å². The van der Waals surface area contributed by atoms with Gasteiger partial charge in [-0.3, -0.25) is 0 Å². The molecule has 14 heavy (non-hydrogen) atoms. The fraction of sp³-hybridized carbons (Fsp3) is 0.200. The van der Waals surface area contributed by atoms with Gasteiger partial charge in [-0.05, 0) is 28.4 Å². The van der Waals surface area contributed by atoms with E-state index in [1.165, 1.54) is 10.1 Å². The number of hydrogen-bond donors (Lipinski definition) is 0. The van der Waals surface area contributed by atoms with E-state index in [1.807, 2.05) is 6.07 Å². The summed E-state index contributed by atoms with van der Waals surface area (Å²) in [6, 6.07) is 8.34. The van der Waals surface area contributed by atoms with Crippen molar-refractivity contribution in [2.45, 2.75) is 0 Å². The zero-order valence-electron chi connectivity index (χ0n) is 8.19. The third-order valence-corrected chi connectivity index (χ3v) is 3.07. The monoisotopic (exact) mass is 206 g/mol. The molecule has 2 rings (SSSR count). The molecule has 0 N–H and O–H groups in total. The van der Waals surface area contributed by atoms with Gasteiger partial charge in [-0.2, -0.15) is 0 Å². The fourth-order valence-corrected chi connectivity index (χ4v) is 2.27. The van der Waals surface area contributed by atoms with Crippen molar-refractivity contribution in [2.75, 3.05) is 14.2 Å². The lowest BCUT2D eigenvalue weighted by molar-refractivity contribution is 0.292. The van der Waals surface area contributed by atoms with Crippen molar-refractivity contribution in [3.05, 3.63) is 29.6 Å². The van der Waals surface area contributed by atoms with Crippen molar-refractivity contribution in [1.82, 2.24) is 0 Å². The first-order valence-electron chi connectivity index (χ1n) is 4.38. The highest BCUT2D eigenvalue weighted by atomic mass is 32.1. The predicted molar refractivity (Wildman–Crippen MR) is 61.2 cm³/mol. The molecule has 0 saturated heterocycles. The molecule has 0 aliphatic rings. The molecule has 0 spiro atoms. The Morgan fingerprint density at radius 1 is 1.14 bits per heavy atom. The first-order valence-corrected chi connectivity index (χ1v) is 5.26. The second kappa shape index (κ2) is 4.13. The maximum absolute atomic E-state index is 5.19. The lowest BCUT2D eigenvalue weighted by Gasteiger charge is -2.08. The standard InChI is InChI=1S/C10H11BO2S/c1-12-11(13-2)9-3-4-10-8(7-9)5-6-14-10/h3-7H,1-2H3. The molecule has 1 aromatic heterocycles. The number of fused-ring (bicyclic) bond motifs is 1. The summed E-state index contributed by atoms with van der Waals surface area (Å²) in [5.74, 6) is 0. The Kier molecular flexibility index (Phi) is 2.86. The molecule has 0 unspecified atom stereocenters. The maximum atomic E-state index is 5.19. The van der Waals surface area contributed by atoms with E-state index in [2.05, 4.69) is 23.6 Å². The van der Waals surface area contributed by atoms with Crippen LogP contribution in [0.25, 0.3) is 10.1 Å². The lowest BCUT2D eigenvalue weighted by atomic mass is 9.79. The Hall–Kier alpha value is -0.835. The lowest BCUT2D eigenvalue weighted by Crippen LogP contribution is -2.34. The first-order chi connectivity index (χ1) is 6.85. The molecule has 0 radical (unpaired) electrons. The smallest absolute Gasteiger partial charge is 0.410 e. The Morgan fingerprint density at radius 3 is 2.64 bits per heavy atom. The van der Waals surface area contributed by atoms with Gasteiger partial charge in [0, 0.05) is 18.9 Å². The van der Waals surface area contributed by atoms with E-state index >= 15 is 0 Å². The summed E-state index contributed by atoms with van der Waals surface area (Å²) < 4.78 is 11.7. The summed E-state index contributed by atoms with van der Waals surface area (Å²) in [5, 5.41) is 3.33. The molecule has 0 bridgehead atoms. The molecule has 0 fully saturated rings. The van der Waals surface area contributed by atoms with Gasteiger partial charge in [0.1, 0.15) is 0 Å². The van der Waals surface area contributed by atoms with Gasteiger partial charge >= 0.3 is 7.12 Å². The highest BCUT2D eigenvalue weighted by molar-refractivity contribution is 7.17. The van der Waals surface area contributed by atoms with Gasteiger partial charge in [0.2, 0.25) is 0 Å². The summed E-state index contributed by atoms with van der Waals surface area (Å²) in [5.41, 5.74) is 1.06. The van der Waals surface area contributed by atoms with E-state index in [0.717, 1.165) is 5.46 Å². The van der Waals surface area contributed by atoms with E-state index in [-0.39, 0.29) is 7.12 Å². The molecule has 72 valence electrons. The third kappa shape index (κ3) is 1.69. The van der Waals surface area contributed by atoms with Crippen molar-refractivity contribution in [1.29, 1.82) is 0 Å². The van der Waals surface area contributed by atoms with E-state index in [9.17, 15) is 0 Å². The molecule has 0 amide bonds. The van der Waals surface area contributed by atoms with Crippen molar-refractivity contribution < 1.29 is 9.31 Å². The van der Waals surface area contributed by atoms with Crippen LogP contribution in [-0.4, -0.2) is 21.3 Å². The van der Waals surface area contributed by atoms with Gasteiger partial charge in [-0.25, -0.2) is 0 Å². The number of thiophene rings is 1. The van der Waals surface area contributed by atoms with Crippen LogP contribution in [-0.2, 0) is 9.31 Å². The molecule has 4 heteroatoms. The molecular weight excluding hydrogens is 195 g/mol. The molecule has 0 saturated carbocycles. The van der Waals surface area contributed by atoms with E-state index in [4.69, 9.17) is 9.31 Å². The average Bonchev–Trinajstić information content (AvgIpc) is 2.66. The molecule has 1 aromatic carbocycles. The minimum absolute atomic E-state index is 0.265. The molecule has 0 atom stereocenters. The summed E-state index contributed by atoms with van der Waals surface area (Å²) >= 11 is 1.74. The Bertz CT molecular complexity index is 423. The molecule has 0 aliphatic heterocycles. The molecule has 2 aromatic rings. The highest BCUT2D eigenvalue weighted by Gasteiger charge is 2.17. The van der Waals surface area contributed by atoms with Crippen molar-refractivity contribution in [2.24, 2.45) is 0 Å². The third-order valence-electron chi connectivity index (χ3n) is 2.18. The Morgan fingerprint density at radius 2 is 1.93 bits per heavy atom. The minimum atomic E-state index is -0.265. The maximum Gasteiger partial charge on any atom is 0.493 e. The van der Waals surface area contributed by atoms with Crippen LogP contribution < -0.4 is 5.46 Å². The van der Waals surface area contributed by atoms with E-state index in [1.54, 1.807) is 25.6 Å². The zero-order chi connectivity index (χ0) is 9.97. The van der Waals surface area contributed by atoms with Gasteiger partial charge in [0.15, 0.2) is 0 Å². The topological polar surface area (TPSA) is 18.5 Å². The number of benzene rings is 1. The number of rotatable bonds is 3. The van der Waals surface area contributed by atoms with E-state index < -0.39 is 0 Å². The average molecular weight is 206 g/mol. The zero-order valence-corrected chi connectivity index (χ0v) is 9.01. The van der Waals surface area contributed by atoms with E-state index in [0.29, 0.717) is 0 Å². The summed E-state index contributed by atoms with van der Waals surface area (Å²) in [4.78, 5) is 0. The van der Waals surface area contributed by atoms with Crippen LogP contribution in [0.2, 0.25) is 0 Å². The van der Waals surface area contributed by atoms with Crippen LogP contribution in [0, 0.1) is 0 Å². The Labute approximate surface area is 87.6 Å². The molecule has 1 heterocycles. The molecule has 0 aliphatic carbocycles. The van der Waals surface area contributed by atoms with Crippen molar-refractivity contribution in [3.8, 4) is 0 Å². The van der Waals surface area contributed by atoms with Crippen LogP contribution in [0.4, 0.5) is 0 Å². The van der Waals surface area contributed by atoms with Crippen LogP contribution in [0.5, 0.6) is 0 Å². The summed E-state index contributed by atoms with van der Waals surface area (Å²) in [6.07, 6.45) is 0. The quantitative estimate of drug-likeness (QED) is 0.714. The molecular formula is C10H11BO2S. The SMILES string of the molecule is COB(OC)c1ccc2sccc2c1.